The molecule has 0 unspecified atom stereocenters. The average molecular weight is 271 g/mol. The summed E-state index contributed by atoms with van der Waals surface area (Å²) in [5, 5.41) is 12.0. The van der Waals surface area contributed by atoms with Crippen molar-refractivity contribution in [3.05, 3.63) is 59.7 Å². The minimum absolute atomic E-state index is 0.105. The fourth-order valence-electron chi connectivity index (χ4n) is 1.83. The molecule has 0 atom stereocenters. The monoisotopic (exact) mass is 271 g/mol. The summed E-state index contributed by atoms with van der Waals surface area (Å²) in [4.78, 5) is 11.9. The van der Waals surface area contributed by atoms with E-state index in [1.54, 1.807) is 43.5 Å². The van der Waals surface area contributed by atoms with Crippen molar-refractivity contribution in [1.82, 2.24) is 5.32 Å². The number of phenolic OH excluding ortho intramolecular Hbond substituents is 1. The van der Waals surface area contributed by atoms with Crippen LogP contribution in [-0.2, 0) is 6.42 Å². The maximum atomic E-state index is 11.9. The summed E-state index contributed by atoms with van der Waals surface area (Å²) in [6.07, 6.45) is 0.724. The molecule has 4 nitrogen and oxygen atoms in total. The zero-order valence-electron chi connectivity index (χ0n) is 11.3. The quantitative estimate of drug-likeness (QED) is 0.877. The molecule has 20 heavy (non-hydrogen) atoms. The van der Waals surface area contributed by atoms with Gasteiger partial charge in [0.2, 0.25) is 0 Å². The molecule has 0 fully saturated rings. The first-order valence-electron chi connectivity index (χ1n) is 6.39. The summed E-state index contributed by atoms with van der Waals surface area (Å²) in [6.45, 7) is 0.551. The molecule has 0 aliphatic carbocycles. The Bertz CT molecular complexity index is 561. The molecule has 0 aliphatic heterocycles. The van der Waals surface area contributed by atoms with Crippen molar-refractivity contribution in [3.8, 4) is 11.5 Å². The highest BCUT2D eigenvalue weighted by molar-refractivity contribution is 5.94. The van der Waals surface area contributed by atoms with E-state index in [2.05, 4.69) is 5.32 Å². The second-order valence-corrected chi connectivity index (χ2v) is 4.40. The van der Waals surface area contributed by atoms with Gasteiger partial charge in [0.15, 0.2) is 0 Å². The molecule has 0 heterocycles. The molecular formula is C16H17NO3. The predicted molar refractivity (Wildman–Crippen MR) is 77.1 cm³/mol. The lowest BCUT2D eigenvalue weighted by molar-refractivity contribution is 0.0954. The van der Waals surface area contributed by atoms with Crippen molar-refractivity contribution in [1.29, 1.82) is 0 Å². The molecular weight excluding hydrogens is 254 g/mol. The van der Waals surface area contributed by atoms with E-state index in [9.17, 15) is 9.90 Å². The second kappa shape index (κ2) is 6.61. The first kappa shape index (κ1) is 13.9. The minimum atomic E-state index is -0.105. The van der Waals surface area contributed by atoms with Gasteiger partial charge in [-0.15, -0.1) is 0 Å². The van der Waals surface area contributed by atoms with E-state index in [1.807, 2.05) is 12.1 Å². The van der Waals surface area contributed by atoms with E-state index < -0.39 is 0 Å². The van der Waals surface area contributed by atoms with Crippen LogP contribution in [0.25, 0.3) is 0 Å². The number of aromatic hydroxyl groups is 1. The van der Waals surface area contributed by atoms with Gasteiger partial charge in [-0.1, -0.05) is 12.1 Å². The Hall–Kier alpha value is -2.49. The van der Waals surface area contributed by atoms with Crippen molar-refractivity contribution < 1.29 is 14.6 Å². The number of carbonyl (C=O) groups excluding carboxylic acids is 1. The SMILES string of the molecule is COc1ccc(C(=O)NCCc2ccc(O)cc2)cc1. The van der Waals surface area contributed by atoms with Crippen LogP contribution in [0.3, 0.4) is 0 Å². The minimum Gasteiger partial charge on any atom is -0.508 e. The second-order valence-electron chi connectivity index (χ2n) is 4.40. The number of amides is 1. The molecule has 2 N–H and O–H groups in total. The number of methoxy groups -OCH3 is 1. The van der Waals surface area contributed by atoms with E-state index in [-0.39, 0.29) is 11.7 Å². The van der Waals surface area contributed by atoms with Gasteiger partial charge in [0.1, 0.15) is 11.5 Å². The lowest BCUT2D eigenvalue weighted by Crippen LogP contribution is -2.25. The van der Waals surface area contributed by atoms with Crippen LogP contribution in [0.15, 0.2) is 48.5 Å². The molecule has 2 aromatic carbocycles. The van der Waals surface area contributed by atoms with Crippen LogP contribution in [0.2, 0.25) is 0 Å². The summed E-state index contributed by atoms with van der Waals surface area (Å²) in [7, 11) is 1.59. The number of rotatable bonds is 5. The molecule has 0 aliphatic rings. The Morgan fingerprint density at radius 2 is 1.75 bits per heavy atom. The Morgan fingerprint density at radius 1 is 1.10 bits per heavy atom. The van der Waals surface area contributed by atoms with Crippen molar-refractivity contribution in [3.63, 3.8) is 0 Å². The van der Waals surface area contributed by atoms with Gasteiger partial charge in [-0.25, -0.2) is 0 Å². The van der Waals surface area contributed by atoms with Crippen molar-refractivity contribution >= 4 is 5.91 Å². The number of carbonyl (C=O) groups is 1. The van der Waals surface area contributed by atoms with Gasteiger partial charge < -0.3 is 15.2 Å². The summed E-state index contributed by atoms with van der Waals surface area (Å²) < 4.78 is 5.05. The average Bonchev–Trinajstić information content (AvgIpc) is 2.49. The first-order valence-corrected chi connectivity index (χ1v) is 6.39. The number of ether oxygens (including phenoxy) is 1. The lowest BCUT2D eigenvalue weighted by atomic mass is 10.1. The molecule has 0 bridgehead atoms. The Labute approximate surface area is 118 Å². The van der Waals surface area contributed by atoms with Gasteiger partial charge in [0.25, 0.3) is 5.91 Å². The fourth-order valence-corrected chi connectivity index (χ4v) is 1.83. The van der Waals surface area contributed by atoms with Crippen LogP contribution in [0.4, 0.5) is 0 Å². The van der Waals surface area contributed by atoms with Gasteiger partial charge in [-0.3, -0.25) is 4.79 Å². The van der Waals surface area contributed by atoms with E-state index in [0.29, 0.717) is 12.1 Å². The first-order chi connectivity index (χ1) is 9.69. The molecule has 0 spiro atoms. The normalized spacial score (nSPS) is 10.1. The van der Waals surface area contributed by atoms with Gasteiger partial charge in [0, 0.05) is 12.1 Å². The third kappa shape index (κ3) is 3.75. The van der Waals surface area contributed by atoms with Crippen molar-refractivity contribution in [2.45, 2.75) is 6.42 Å². The van der Waals surface area contributed by atoms with Gasteiger partial charge in [-0.2, -0.15) is 0 Å². The summed E-state index contributed by atoms with van der Waals surface area (Å²) in [6, 6.07) is 13.9. The van der Waals surface area contributed by atoms with E-state index in [1.165, 1.54) is 0 Å². The van der Waals surface area contributed by atoms with E-state index >= 15 is 0 Å². The summed E-state index contributed by atoms with van der Waals surface area (Å²) >= 11 is 0. The third-order valence-corrected chi connectivity index (χ3v) is 2.99. The maximum Gasteiger partial charge on any atom is 0.251 e. The molecule has 0 saturated carbocycles. The van der Waals surface area contributed by atoms with Crippen LogP contribution < -0.4 is 10.1 Å². The standard InChI is InChI=1S/C16H17NO3/c1-20-15-8-4-13(5-9-15)16(19)17-11-10-12-2-6-14(18)7-3-12/h2-9,18H,10-11H2,1H3,(H,17,19). The van der Waals surface area contributed by atoms with Crippen LogP contribution in [0, 0.1) is 0 Å². The molecule has 4 heteroatoms. The lowest BCUT2D eigenvalue weighted by Gasteiger charge is -2.06. The highest BCUT2D eigenvalue weighted by atomic mass is 16.5. The number of hydrogen-bond acceptors (Lipinski definition) is 3. The summed E-state index contributed by atoms with van der Waals surface area (Å²) in [5.41, 5.74) is 1.68. The van der Waals surface area contributed by atoms with Gasteiger partial charge >= 0.3 is 0 Å². The topological polar surface area (TPSA) is 58.6 Å². The molecule has 104 valence electrons. The van der Waals surface area contributed by atoms with Crippen LogP contribution in [0.5, 0.6) is 11.5 Å². The van der Waals surface area contributed by atoms with Crippen molar-refractivity contribution in [2.75, 3.05) is 13.7 Å². The Kier molecular flexibility index (Phi) is 4.60. The number of hydrogen-bond donors (Lipinski definition) is 2. The smallest absolute Gasteiger partial charge is 0.251 e. The van der Waals surface area contributed by atoms with E-state index in [0.717, 1.165) is 17.7 Å². The number of benzene rings is 2. The Morgan fingerprint density at radius 3 is 2.35 bits per heavy atom. The predicted octanol–water partition coefficient (Wildman–Crippen LogP) is 2.37. The molecule has 0 radical (unpaired) electrons. The third-order valence-electron chi connectivity index (χ3n) is 2.99. The molecule has 1 amide bonds. The number of nitrogens with one attached hydrogen (secondary N) is 1. The highest BCUT2D eigenvalue weighted by Gasteiger charge is 2.04. The summed E-state index contributed by atoms with van der Waals surface area (Å²) in [5.74, 6) is 0.869. The highest BCUT2D eigenvalue weighted by Crippen LogP contribution is 2.11. The zero-order chi connectivity index (χ0) is 14.4. The molecule has 2 rings (SSSR count). The van der Waals surface area contributed by atoms with Gasteiger partial charge in [-0.05, 0) is 48.4 Å². The Balaban J connectivity index is 1.83. The van der Waals surface area contributed by atoms with Gasteiger partial charge in [0.05, 0.1) is 7.11 Å². The molecule has 0 aromatic heterocycles. The van der Waals surface area contributed by atoms with Crippen LogP contribution >= 0.6 is 0 Å². The van der Waals surface area contributed by atoms with E-state index in [4.69, 9.17) is 4.74 Å². The fraction of sp³-hybridized carbons (Fsp3) is 0.188. The number of phenols is 1. The largest absolute Gasteiger partial charge is 0.508 e. The molecule has 0 saturated heterocycles. The maximum absolute atomic E-state index is 11.9. The molecule has 2 aromatic rings. The zero-order valence-corrected chi connectivity index (χ0v) is 11.3. The van der Waals surface area contributed by atoms with Crippen molar-refractivity contribution in [2.24, 2.45) is 0 Å². The van der Waals surface area contributed by atoms with Crippen LogP contribution in [0.1, 0.15) is 15.9 Å². The van der Waals surface area contributed by atoms with Crippen LogP contribution in [-0.4, -0.2) is 24.7 Å².